The van der Waals surface area contributed by atoms with Crippen molar-refractivity contribution in [3.05, 3.63) is 0 Å². The predicted octanol–water partition coefficient (Wildman–Crippen LogP) is 2.90. The van der Waals surface area contributed by atoms with E-state index in [0.29, 0.717) is 6.42 Å². The van der Waals surface area contributed by atoms with E-state index >= 15 is 0 Å². The van der Waals surface area contributed by atoms with Crippen LogP contribution in [0, 0.1) is 10.8 Å². The van der Waals surface area contributed by atoms with Gasteiger partial charge in [0.2, 0.25) is 0 Å². The molecule has 0 heterocycles. The fraction of sp³-hybridized carbons (Fsp3) is 0.857. The van der Waals surface area contributed by atoms with Gasteiger partial charge in [-0.05, 0) is 27.7 Å². The Kier molecular flexibility index (Phi) is 3.31. The maximum atomic E-state index is 11.8. The van der Waals surface area contributed by atoms with Crippen LogP contribution >= 0.6 is 0 Å². The van der Waals surface area contributed by atoms with E-state index in [1.807, 2.05) is 48.5 Å². The number of nitrogens with one attached hydrogen (secondary N) is 1. The van der Waals surface area contributed by atoms with Gasteiger partial charge in [0.25, 0.3) is 0 Å². The SMILES string of the molecule is CC(C)(C)NC(=O)OC1(C)CC(C)(C=O)C1(C)C. The summed E-state index contributed by atoms with van der Waals surface area (Å²) in [6.07, 6.45) is 1.11. The minimum absolute atomic E-state index is 0.324. The maximum Gasteiger partial charge on any atom is 0.408 e. The number of carbonyl (C=O) groups is 2. The molecule has 0 aromatic rings. The van der Waals surface area contributed by atoms with E-state index in [2.05, 4.69) is 5.32 Å². The molecule has 0 saturated heterocycles. The van der Waals surface area contributed by atoms with Gasteiger partial charge in [0.15, 0.2) is 0 Å². The fourth-order valence-corrected chi connectivity index (χ4v) is 2.53. The van der Waals surface area contributed by atoms with E-state index in [4.69, 9.17) is 4.74 Å². The van der Waals surface area contributed by atoms with Gasteiger partial charge in [-0.3, -0.25) is 0 Å². The highest BCUT2D eigenvalue weighted by atomic mass is 16.6. The third kappa shape index (κ3) is 2.25. The van der Waals surface area contributed by atoms with E-state index in [-0.39, 0.29) is 11.0 Å². The summed E-state index contributed by atoms with van der Waals surface area (Å²) in [5.41, 5.74) is -1.71. The molecule has 1 aliphatic carbocycles. The molecule has 1 amide bonds. The molecule has 2 atom stereocenters. The number of aldehydes is 1. The van der Waals surface area contributed by atoms with Crippen LogP contribution in [0.15, 0.2) is 0 Å². The summed E-state index contributed by atoms with van der Waals surface area (Å²) in [4.78, 5) is 23.0. The number of hydrogen-bond donors (Lipinski definition) is 1. The molecule has 1 saturated carbocycles. The van der Waals surface area contributed by atoms with Gasteiger partial charge in [0.05, 0.1) is 0 Å². The second-order valence-electron chi connectivity index (χ2n) is 7.33. The van der Waals surface area contributed by atoms with Gasteiger partial charge in [-0.2, -0.15) is 0 Å². The third-order valence-corrected chi connectivity index (χ3v) is 4.51. The van der Waals surface area contributed by atoms with Gasteiger partial charge < -0.3 is 14.8 Å². The van der Waals surface area contributed by atoms with Crippen LogP contribution in [0.2, 0.25) is 0 Å². The average Bonchev–Trinajstić information content (AvgIpc) is 2.13. The standard InChI is InChI=1S/C14H25NO3/c1-11(2,3)15-10(17)18-14(7)8-13(6,9-16)12(14,4)5/h9H,8H2,1-7H3,(H,15,17). The highest BCUT2D eigenvalue weighted by Crippen LogP contribution is 2.63. The molecule has 104 valence electrons. The second kappa shape index (κ2) is 3.97. The molecule has 1 N–H and O–H groups in total. The first-order valence-corrected chi connectivity index (χ1v) is 6.34. The van der Waals surface area contributed by atoms with Crippen molar-refractivity contribution in [2.24, 2.45) is 10.8 Å². The Labute approximate surface area is 109 Å². The molecule has 4 heteroatoms. The minimum atomic E-state index is -0.599. The third-order valence-electron chi connectivity index (χ3n) is 4.51. The van der Waals surface area contributed by atoms with Crippen LogP contribution in [-0.4, -0.2) is 23.5 Å². The molecule has 0 spiro atoms. The van der Waals surface area contributed by atoms with Crippen molar-refractivity contribution >= 4 is 12.4 Å². The zero-order chi connectivity index (χ0) is 14.4. The van der Waals surface area contributed by atoms with Gasteiger partial charge in [-0.1, -0.05) is 20.8 Å². The Morgan fingerprint density at radius 1 is 1.22 bits per heavy atom. The monoisotopic (exact) mass is 255 g/mol. The molecular weight excluding hydrogens is 230 g/mol. The Morgan fingerprint density at radius 2 is 1.72 bits per heavy atom. The van der Waals surface area contributed by atoms with Crippen LogP contribution < -0.4 is 5.32 Å². The van der Waals surface area contributed by atoms with Crippen LogP contribution in [-0.2, 0) is 9.53 Å². The second-order valence-corrected chi connectivity index (χ2v) is 7.33. The first-order chi connectivity index (χ1) is 7.87. The summed E-state index contributed by atoms with van der Waals surface area (Å²) in [6, 6.07) is 0. The number of rotatable bonds is 2. The van der Waals surface area contributed by atoms with Crippen LogP contribution in [0.5, 0.6) is 0 Å². The topological polar surface area (TPSA) is 55.4 Å². The molecule has 0 aromatic heterocycles. The molecular formula is C14H25NO3. The van der Waals surface area contributed by atoms with Gasteiger partial charge in [0, 0.05) is 22.8 Å². The summed E-state index contributed by atoms with van der Waals surface area (Å²) in [6.45, 7) is 13.4. The van der Waals surface area contributed by atoms with Gasteiger partial charge >= 0.3 is 6.09 Å². The average molecular weight is 255 g/mol. The summed E-state index contributed by atoms with van der Waals surface area (Å²) < 4.78 is 5.55. The van der Waals surface area contributed by atoms with Crippen molar-refractivity contribution in [3.8, 4) is 0 Å². The lowest BCUT2D eigenvalue weighted by Gasteiger charge is -2.63. The van der Waals surface area contributed by atoms with Crippen molar-refractivity contribution in [2.75, 3.05) is 0 Å². The molecule has 1 aliphatic rings. The zero-order valence-corrected chi connectivity index (χ0v) is 12.5. The van der Waals surface area contributed by atoms with E-state index in [0.717, 1.165) is 6.29 Å². The van der Waals surface area contributed by atoms with Crippen molar-refractivity contribution in [3.63, 3.8) is 0 Å². The fourth-order valence-electron chi connectivity index (χ4n) is 2.53. The van der Waals surface area contributed by atoms with Crippen molar-refractivity contribution in [1.29, 1.82) is 0 Å². The van der Waals surface area contributed by atoms with E-state index in [1.54, 1.807) is 0 Å². The number of hydrogen-bond acceptors (Lipinski definition) is 3. The van der Waals surface area contributed by atoms with Crippen LogP contribution in [0.1, 0.15) is 54.9 Å². The molecule has 1 fully saturated rings. The molecule has 2 unspecified atom stereocenters. The largest absolute Gasteiger partial charge is 0.443 e. The molecule has 4 nitrogen and oxygen atoms in total. The summed E-state index contributed by atoms with van der Waals surface area (Å²) in [5.74, 6) is 0. The number of alkyl carbamates (subject to hydrolysis) is 1. The number of ether oxygens (including phenoxy) is 1. The lowest BCUT2D eigenvalue weighted by Crippen LogP contribution is -2.68. The van der Waals surface area contributed by atoms with Crippen LogP contribution in [0.3, 0.4) is 0 Å². The van der Waals surface area contributed by atoms with Crippen molar-refractivity contribution in [2.45, 2.75) is 66.0 Å². The van der Waals surface area contributed by atoms with Crippen molar-refractivity contribution < 1.29 is 14.3 Å². The Morgan fingerprint density at radius 3 is 2.06 bits per heavy atom. The van der Waals surface area contributed by atoms with Crippen LogP contribution in [0.4, 0.5) is 4.79 Å². The number of carbonyl (C=O) groups excluding carboxylic acids is 2. The molecule has 0 aromatic carbocycles. The highest BCUT2D eigenvalue weighted by molar-refractivity contribution is 5.70. The van der Waals surface area contributed by atoms with E-state index < -0.39 is 17.1 Å². The quantitative estimate of drug-likeness (QED) is 0.772. The molecule has 0 bridgehead atoms. The smallest absolute Gasteiger partial charge is 0.408 e. The molecule has 1 rings (SSSR count). The summed E-state index contributed by atoms with van der Waals surface area (Å²) >= 11 is 0. The molecule has 18 heavy (non-hydrogen) atoms. The molecule has 0 aliphatic heterocycles. The summed E-state index contributed by atoms with van der Waals surface area (Å²) in [7, 11) is 0. The van der Waals surface area contributed by atoms with Crippen molar-refractivity contribution in [1.82, 2.24) is 5.32 Å². The lowest BCUT2D eigenvalue weighted by atomic mass is 9.44. The van der Waals surface area contributed by atoms with Gasteiger partial charge in [-0.15, -0.1) is 0 Å². The first kappa shape index (κ1) is 15.0. The normalized spacial score (nSPS) is 34.4. The van der Waals surface area contributed by atoms with Crippen LogP contribution in [0.25, 0.3) is 0 Å². The van der Waals surface area contributed by atoms with E-state index in [9.17, 15) is 9.59 Å². The maximum absolute atomic E-state index is 11.8. The van der Waals surface area contributed by atoms with E-state index in [1.165, 1.54) is 0 Å². The van der Waals surface area contributed by atoms with Gasteiger partial charge in [0.1, 0.15) is 11.9 Å². The lowest BCUT2D eigenvalue weighted by molar-refractivity contribution is -0.220. The minimum Gasteiger partial charge on any atom is -0.443 e. The predicted molar refractivity (Wildman–Crippen MR) is 70.3 cm³/mol. The number of amides is 1. The Bertz CT molecular complexity index is 370. The molecule has 0 radical (unpaired) electrons. The summed E-state index contributed by atoms with van der Waals surface area (Å²) in [5, 5.41) is 2.78. The first-order valence-electron chi connectivity index (χ1n) is 6.34. The Balaban J connectivity index is 2.75. The zero-order valence-electron chi connectivity index (χ0n) is 12.5. The van der Waals surface area contributed by atoms with Gasteiger partial charge in [-0.25, -0.2) is 4.79 Å². The Hall–Kier alpha value is -1.06. The highest BCUT2D eigenvalue weighted by Gasteiger charge is 2.67.